The first-order valence-corrected chi connectivity index (χ1v) is 8.13. The van der Waals surface area contributed by atoms with Gasteiger partial charge in [-0.1, -0.05) is 18.2 Å². The SMILES string of the molecule is Cc1[nH]c2ccc(C(=O)Nc3ccn(-c4ccccc4)n3)cc2c1C. The number of benzene rings is 2. The molecule has 0 saturated heterocycles. The Morgan fingerprint density at radius 1 is 1.08 bits per heavy atom. The Morgan fingerprint density at radius 3 is 2.68 bits per heavy atom. The summed E-state index contributed by atoms with van der Waals surface area (Å²) in [6, 6.07) is 17.2. The molecule has 0 unspecified atom stereocenters. The first kappa shape index (κ1) is 15.2. The van der Waals surface area contributed by atoms with Gasteiger partial charge in [-0.15, -0.1) is 0 Å². The molecule has 0 radical (unpaired) electrons. The molecule has 124 valence electrons. The molecule has 0 aliphatic carbocycles. The molecule has 0 aliphatic heterocycles. The van der Waals surface area contributed by atoms with E-state index in [4.69, 9.17) is 0 Å². The molecule has 5 heteroatoms. The van der Waals surface area contributed by atoms with Crippen LogP contribution in [0.4, 0.5) is 5.82 Å². The third-order valence-electron chi connectivity index (χ3n) is 4.42. The Hall–Kier alpha value is -3.34. The highest BCUT2D eigenvalue weighted by Gasteiger charge is 2.11. The highest BCUT2D eigenvalue weighted by atomic mass is 16.1. The number of amides is 1. The standard InChI is InChI=1S/C20H18N4O/c1-13-14(2)21-18-9-8-15(12-17(13)18)20(25)22-19-10-11-24(23-19)16-6-4-3-5-7-16/h3-12,21H,1-2H3,(H,22,23,25). The van der Waals surface area contributed by atoms with Crippen molar-refractivity contribution in [3.63, 3.8) is 0 Å². The molecule has 0 atom stereocenters. The van der Waals surface area contributed by atoms with Crippen LogP contribution in [0.3, 0.4) is 0 Å². The van der Waals surface area contributed by atoms with Gasteiger partial charge in [0.1, 0.15) is 0 Å². The maximum absolute atomic E-state index is 12.6. The van der Waals surface area contributed by atoms with Crippen molar-refractivity contribution in [2.75, 3.05) is 5.32 Å². The zero-order valence-corrected chi connectivity index (χ0v) is 14.1. The summed E-state index contributed by atoms with van der Waals surface area (Å²) < 4.78 is 1.73. The molecular weight excluding hydrogens is 312 g/mol. The molecular formula is C20H18N4O. The Morgan fingerprint density at radius 2 is 1.88 bits per heavy atom. The summed E-state index contributed by atoms with van der Waals surface area (Å²) in [5.74, 6) is 0.356. The van der Waals surface area contributed by atoms with E-state index in [1.54, 1.807) is 10.7 Å². The fraction of sp³-hybridized carbons (Fsp3) is 0.100. The summed E-state index contributed by atoms with van der Waals surface area (Å²) in [5, 5.41) is 8.34. The maximum atomic E-state index is 12.6. The van der Waals surface area contributed by atoms with Gasteiger partial charge in [0.05, 0.1) is 5.69 Å². The number of carbonyl (C=O) groups is 1. The lowest BCUT2D eigenvalue weighted by Crippen LogP contribution is -2.12. The number of nitrogens with zero attached hydrogens (tertiary/aromatic N) is 2. The average Bonchev–Trinajstić information content (AvgIpc) is 3.21. The van der Waals surface area contributed by atoms with Crippen LogP contribution in [0.1, 0.15) is 21.6 Å². The third kappa shape index (κ3) is 2.80. The smallest absolute Gasteiger partial charge is 0.256 e. The van der Waals surface area contributed by atoms with Crippen molar-refractivity contribution >= 4 is 22.6 Å². The number of aromatic nitrogens is 3. The minimum atomic E-state index is -0.168. The summed E-state index contributed by atoms with van der Waals surface area (Å²) in [6.45, 7) is 4.09. The number of hydrogen-bond acceptors (Lipinski definition) is 2. The summed E-state index contributed by atoms with van der Waals surface area (Å²) in [6.07, 6.45) is 1.83. The van der Waals surface area contributed by atoms with Crippen LogP contribution in [0, 0.1) is 13.8 Å². The summed E-state index contributed by atoms with van der Waals surface area (Å²) in [5.41, 5.74) is 4.89. The molecule has 25 heavy (non-hydrogen) atoms. The average molecular weight is 330 g/mol. The van der Waals surface area contributed by atoms with E-state index in [9.17, 15) is 4.79 Å². The molecule has 0 spiro atoms. The van der Waals surface area contributed by atoms with Crippen LogP contribution < -0.4 is 5.32 Å². The van der Waals surface area contributed by atoms with E-state index in [1.807, 2.05) is 61.7 Å². The van der Waals surface area contributed by atoms with Crippen molar-refractivity contribution in [1.29, 1.82) is 0 Å². The zero-order valence-electron chi connectivity index (χ0n) is 14.1. The Bertz CT molecular complexity index is 1060. The molecule has 2 aromatic carbocycles. The number of anilines is 1. The summed E-state index contributed by atoms with van der Waals surface area (Å²) in [7, 11) is 0. The molecule has 0 bridgehead atoms. The molecule has 2 N–H and O–H groups in total. The van der Waals surface area contributed by atoms with E-state index >= 15 is 0 Å². The van der Waals surface area contributed by atoms with Gasteiger partial charge in [-0.2, -0.15) is 5.10 Å². The molecule has 4 rings (SSSR count). The van der Waals surface area contributed by atoms with Crippen molar-refractivity contribution in [2.24, 2.45) is 0 Å². The van der Waals surface area contributed by atoms with Crippen LogP contribution >= 0.6 is 0 Å². The van der Waals surface area contributed by atoms with Crippen LogP contribution in [-0.4, -0.2) is 20.7 Å². The van der Waals surface area contributed by atoms with Gasteiger partial charge in [0.25, 0.3) is 5.91 Å². The number of nitrogens with one attached hydrogen (secondary N) is 2. The molecule has 2 heterocycles. The molecule has 4 aromatic rings. The van der Waals surface area contributed by atoms with Gasteiger partial charge in [-0.05, 0) is 49.7 Å². The number of hydrogen-bond donors (Lipinski definition) is 2. The van der Waals surface area contributed by atoms with E-state index in [2.05, 4.69) is 22.3 Å². The monoisotopic (exact) mass is 330 g/mol. The van der Waals surface area contributed by atoms with E-state index in [-0.39, 0.29) is 5.91 Å². The largest absolute Gasteiger partial charge is 0.358 e. The van der Waals surface area contributed by atoms with Gasteiger partial charge in [-0.25, -0.2) is 4.68 Å². The second-order valence-electron chi connectivity index (χ2n) is 6.07. The third-order valence-corrected chi connectivity index (χ3v) is 4.42. The fourth-order valence-electron chi connectivity index (χ4n) is 2.91. The van der Waals surface area contributed by atoms with Gasteiger partial charge < -0.3 is 10.3 Å². The van der Waals surface area contributed by atoms with E-state index in [0.29, 0.717) is 11.4 Å². The number of para-hydroxylation sites is 1. The lowest BCUT2D eigenvalue weighted by molar-refractivity contribution is 0.102. The molecule has 0 aliphatic rings. The van der Waals surface area contributed by atoms with Crippen LogP contribution in [0.2, 0.25) is 0 Å². The number of fused-ring (bicyclic) bond motifs is 1. The van der Waals surface area contributed by atoms with E-state index in [1.165, 1.54) is 0 Å². The van der Waals surface area contributed by atoms with Crippen molar-refractivity contribution in [1.82, 2.24) is 14.8 Å². The molecule has 0 saturated carbocycles. The lowest BCUT2D eigenvalue weighted by atomic mass is 10.1. The lowest BCUT2D eigenvalue weighted by Gasteiger charge is -2.03. The highest BCUT2D eigenvalue weighted by molar-refractivity contribution is 6.06. The topological polar surface area (TPSA) is 62.7 Å². The minimum absolute atomic E-state index is 0.168. The molecule has 5 nitrogen and oxygen atoms in total. The van der Waals surface area contributed by atoms with Gasteiger partial charge in [-0.3, -0.25) is 4.79 Å². The molecule has 0 fully saturated rings. The number of rotatable bonds is 3. The van der Waals surface area contributed by atoms with Crippen LogP contribution in [-0.2, 0) is 0 Å². The van der Waals surface area contributed by atoms with Crippen molar-refractivity contribution in [3.05, 3.63) is 77.6 Å². The second-order valence-corrected chi connectivity index (χ2v) is 6.07. The van der Waals surface area contributed by atoms with E-state index in [0.717, 1.165) is 27.8 Å². The van der Waals surface area contributed by atoms with Gasteiger partial charge in [0, 0.05) is 34.4 Å². The van der Waals surface area contributed by atoms with E-state index < -0.39 is 0 Å². The maximum Gasteiger partial charge on any atom is 0.256 e. The zero-order chi connectivity index (χ0) is 17.4. The minimum Gasteiger partial charge on any atom is -0.358 e. The predicted octanol–water partition coefficient (Wildman–Crippen LogP) is 4.22. The number of carbonyl (C=O) groups excluding carboxylic acids is 1. The van der Waals surface area contributed by atoms with Crippen LogP contribution in [0.5, 0.6) is 0 Å². The summed E-state index contributed by atoms with van der Waals surface area (Å²) >= 11 is 0. The second kappa shape index (κ2) is 5.94. The van der Waals surface area contributed by atoms with Crippen molar-refractivity contribution in [3.8, 4) is 5.69 Å². The molecule has 2 aromatic heterocycles. The van der Waals surface area contributed by atoms with Crippen molar-refractivity contribution in [2.45, 2.75) is 13.8 Å². The number of aromatic amines is 1. The first-order valence-electron chi connectivity index (χ1n) is 8.13. The van der Waals surface area contributed by atoms with Gasteiger partial charge in [0.15, 0.2) is 5.82 Å². The predicted molar refractivity (Wildman–Crippen MR) is 99.3 cm³/mol. The quantitative estimate of drug-likeness (QED) is 0.591. The summed E-state index contributed by atoms with van der Waals surface area (Å²) in [4.78, 5) is 15.9. The number of aryl methyl sites for hydroxylation is 2. The van der Waals surface area contributed by atoms with Gasteiger partial charge in [0.2, 0.25) is 0 Å². The molecule has 1 amide bonds. The number of H-pyrrole nitrogens is 1. The first-order chi connectivity index (χ1) is 12.1. The fourth-order valence-corrected chi connectivity index (χ4v) is 2.91. The Labute approximate surface area is 145 Å². The van der Waals surface area contributed by atoms with Crippen molar-refractivity contribution < 1.29 is 4.79 Å². The Balaban J connectivity index is 1.58. The van der Waals surface area contributed by atoms with Crippen LogP contribution in [0.15, 0.2) is 60.8 Å². The Kier molecular flexibility index (Phi) is 3.61. The highest BCUT2D eigenvalue weighted by Crippen LogP contribution is 2.23. The van der Waals surface area contributed by atoms with Crippen LogP contribution in [0.25, 0.3) is 16.6 Å². The normalized spacial score (nSPS) is 11.0. The van der Waals surface area contributed by atoms with Gasteiger partial charge >= 0.3 is 0 Å².